The van der Waals surface area contributed by atoms with Crippen molar-refractivity contribution < 1.29 is 4.52 Å². The molecule has 46 valence electrons. The van der Waals surface area contributed by atoms with E-state index >= 15 is 0 Å². The molecule has 0 spiro atoms. The van der Waals surface area contributed by atoms with Gasteiger partial charge in [-0.2, -0.15) is 0 Å². The predicted octanol–water partition coefficient (Wildman–Crippen LogP) is 3.72. The Hall–Kier alpha value is 1.55. The van der Waals surface area contributed by atoms with Gasteiger partial charge in [-0.15, -0.1) is 0 Å². The topological polar surface area (TPSA) is 9.23 Å². The zero-order valence-electron chi connectivity index (χ0n) is 3.37. The SMILES string of the molecule is COP(Cl)(Cl)(Cl)Cl. The molecule has 6 heteroatoms. The zero-order valence-corrected chi connectivity index (χ0v) is 7.29. The van der Waals surface area contributed by atoms with Crippen molar-refractivity contribution in [2.75, 3.05) is 7.11 Å². The molecule has 0 saturated heterocycles. The van der Waals surface area contributed by atoms with Crippen molar-refractivity contribution >= 4 is 49.2 Å². The second-order valence-corrected chi connectivity index (χ2v) is 13.4. The van der Waals surface area contributed by atoms with E-state index in [0.717, 1.165) is 0 Å². The summed E-state index contributed by atoms with van der Waals surface area (Å²) in [6.07, 6.45) is 0. The van der Waals surface area contributed by atoms with Crippen molar-refractivity contribution in [2.24, 2.45) is 0 Å². The van der Waals surface area contributed by atoms with Crippen LogP contribution in [0.25, 0.3) is 0 Å². The van der Waals surface area contributed by atoms with E-state index in [4.69, 9.17) is 45.0 Å². The molecule has 7 heavy (non-hydrogen) atoms. The molecule has 0 aliphatic carbocycles. The van der Waals surface area contributed by atoms with Crippen LogP contribution in [0.4, 0.5) is 0 Å². The monoisotopic (exact) mass is 202 g/mol. The van der Waals surface area contributed by atoms with Crippen molar-refractivity contribution in [2.45, 2.75) is 0 Å². The van der Waals surface area contributed by atoms with Gasteiger partial charge in [-0.05, 0) is 0 Å². The van der Waals surface area contributed by atoms with Crippen LogP contribution in [0, 0.1) is 0 Å². The van der Waals surface area contributed by atoms with Crippen LogP contribution in [0.15, 0.2) is 0 Å². The summed E-state index contributed by atoms with van der Waals surface area (Å²) in [6.45, 7) is 0. The van der Waals surface area contributed by atoms with Crippen molar-refractivity contribution in [1.29, 1.82) is 0 Å². The van der Waals surface area contributed by atoms with Crippen LogP contribution in [-0.4, -0.2) is 7.11 Å². The molecule has 0 radical (unpaired) electrons. The fourth-order valence-electron chi connectivity index (χ4n) is 0. The van der Waals surface area contributed by atoms with E-state index in [1.807, 2.05) is 0 Å². The van der Waals surface area contributed by atoms with E-state index in [1.54, 1.807) is 0 Å². The molecule has 1 nitrogen and oxygen atoms in total. The summed E-state index contributed by atoms with van der Waals surface area (Å²) < 4.78 is 0.631. The zero-order chi connectivity index (χ0) is 6.15. The maximum absolute atomic E-state index is 5.18. The van der Waals surface area contributed by atoms with Crippen LogP contribution in [0.3, 0.4) is 0 Å². The molecule has 0 aliphatic rings. The molecule has 0 aliphatic heterocycles. The van der Waals surface area contributed by atoms with Gasteiger partial charge in [-0.25, -0.2) is 0 Å². The van der Waals surface area contributed by atoms with Crippen molar-refractivity contribution in [3.63, 3.8) is 0 Å². The molecule has 0 saturated carbocycles. The van der Waals surface area contributed by atoms with E-state index in [-0.39, 0.29) is 0 Å². The van der Waals surface area contributed by atoms with E-state index < -0.39 is 4.24 Å². The molecule has 0 unspecified atom stereocenters. The second kappa shape index (κ2) is 2.06. The third kappa shape index (κ3) is 7.55. The number of halogens is 4. The Kier molecular flexibility index (Phi) is 2.51. The van der Waals surface area contributed by atoms with Gasteiger partial charge in [0, 0.05) is 0 Å². The van der Waals surface area contributed by atoms with Crippen LogP contribution >= 0.6 is 49.2 Å². The van der Waals surface area contributed by atoms with Crippen LogP contribution in [0.2, 0.25) is 0 Å². The molecule has 0 amide bonds. The molecule has 0 bridgehead atoms. The van der Waals surface area contributed by atoms with Gasteiger partial charge >= 0.3 is 60.8 Å². The molecule has 0 N–H and O–H groups in total. The van der Waals surface area contributed by atoms with Crippen LogP contribution in [0.1, 0.15) is 0 Å². The summed E-state index contributed by atoms with van der Waals surface area (Å²) in [7, 11) is 1.25. The standard InChI is InChI=1S/CH3Cl4OP/c1-6-7(2,3,4)5/h1H3. The Morgan fingerprint density at radius 3 is 1.29 bits per heavy atom. The van der Waals surface area contributed by atoms with Gasteiger partial charge in [-0.1, -0.05) is 0 Å². The van der Waals surface area contributed by atoms with Crippen molar-refractivity contribution in [3.8, 4) is 0 Å². The predicted molar refractivity (Wildman–Crippen MR) is 37.3 cm³/mol. The summed E-state index contributed by atoms with van der Waals surface area (Å²) in [5.41, 5.74) is 0. The molecule has 0 heterocycles. The summed E-state index contributed by atoms with van der Waals surface area (Å²) in [5.74, 6) is 0. The van der Waals surface area contributed by atoms with E-state index in [9.17, 15) is 0 Å². The molecule has 0 atom stereocenters. The van der Waals surface area contributed by atoms with Crippen LogP contribution < -0.4 is 0 Å². The summed E-state index contributed by atoms with van der Waals surface area (Å²) in [5, 5.41) is 0. The third-order valence-electron chi connectivity index (χ3n) is 0.276. The number of hydrogen-bond donors (Lipinski definition) is 0. The summed E-state index contributed by atoms with van der Waals surface area (Å²) >= 11 is 20.7. The Morgan fingerprint density at radius 2 is 1.29 bits per heavy atom. The molecular weight excluding hydrogens is 201 g/mol. The maximum atomic E-state index is 5.18. The van der Waals surface area contributed by atoms with Gasteiger partial charge in [0.1, 0.15) is 0 Å². The first-order chi connectivity index (χ1) is 2.81. The van der Waals surface area contributed by atoms with Gasteiger partial charge in [0.05, 0.1) is 0 Å². The van der Waals surface area contributed by atoms with E-state index in [2.05, 4.69) is 4.52 Å². The number of hydrogen-bond acceptors (Lipinski definition) is 1. The molecule has 0 aromatic heterocycles. The summed E-state index contributed by atoms with van der Waals surface area (Å²) in [4.78, 5) is 0. The minimum atomic E-state index is -3.69. The van der Waals surface area contributed by atoms with Gasteiger partial charge in [-0.3, -0.25) is 0 Å². The molecule has 0 fully saturated rings. The molecular formula is CH3Cl4OP. The second-order valence-electron chi connectivity index (χ2n) is 0.842. The first-order valence-corrected chi connectivity index (χ1v) is 7.04. The minimum absolute atomic E-state index is 1.25. The molecule has 0 aromatic carbocycles. The van der Waals surface area contributed by atoms with E-state index in [1.165, 1.54) is 7.11 Å². The Labute approximate surface area is 61.0 Å². The normalized spacial score (nSPS) is 18.1. The van der Waals surface area contributed by atoms with Crippen LogP contribution in [-0.2, 0) is 4.52 Å². The quantitative estimate of drug-likeness (QED) is 0.591. The first-order valence-electron chi connectivity index (χ1n) is 1.27. The Morgan fingerprint density at radius 1 is 1.14 bits per heavy atom. The van der Waals surface area contributed by atoms with Gasteiger partial charge in [0.15, 0.2) is 0 Å². The van der Waals surface area contributed by atoms with Gasteiger partial charge in [0.25, 0.3) is 0 Å². The first kappa shape index (κ1) is 8.55. The summed E-state index contributed by atoms with van der Waals surface area (Å²) in [6, 6.07) is 0. The van der Waals surface area contributed by atoms with Crippen LogP contribution in [0.5, 0.6) is 0 Å². The molecule has 0 rings (SSSR count). The van der Waals surface area contributed by atoms with Gasteiger partial charge < -0.3 is 0 Å². The van der Waals surface area contributed by atoms with Crippen molar-refractivity contribution in [1.82, 2.24) is 0 Å². The fourth-order valence-corrected chi connectivity index (χ4v) is 0. The van der Waals surface area contributed by atoms with Gasteiger partial charge in [0.2, 0.25) is 0 Å². The van der Waals surface area contributed by atoms with E-state index in [0.29, 0.717) is 0 Å². The number of rotatable bonds is 1. The average molecular weight is 204 g/mol. The third-order valence-corrected chi connectivity index (χ3v) is 2.48. The fraction of sp³-hybridized carbons (Fsp3) is 1.00. The Bertz CT molecular complexity index is 64.2. The Balaban J connectivity index is 3.83. The molecule has 0 aromatic rings. The average Bonchev–Trinajstić information content (AvgIpc) is 1.32. The van der Waals surface area contributed by atoms with Crippen molar-refractivity contribution in [3.05, 3.63) is 0 Å².